The maximum Gasteiger partial charge on any atom is 0.231 e. The molecule has 0 aliphatic carbocycles. The quantitative estimate of drug-likeness (QED) is 0.375. The van der Waals surface area contributed by atoms with Crippen molar-refractivity contribution in [1.82, 2.24) is 14.9 Å². The molecule has 2 N–H and O–H groups in total. The van der Waals surface area contributed by atoms with Crippen LogP contribution in [0.25, 0.3) is 11.1 Å². The van der Waals surface area contributed by atoms with Gasteiger partial charge in [0, 0.05) is 39.6 Å². The van der Waals surface area contributed by atoms with Gasteiger partial charge in [-0.25, -0.2) is 0 Å². The number of aromatic amines is 1. The molecule has 1 saturated heterocycles. The summed E-state index contributed by atoms with van der Waals surface area (Å²) in [6.07, 6.45) is 0. The highest BCUT2D eigenvalue weighted by Gasteiger charge is 2.32. The van der Waals surface area contributed by atoms with E-state index in [0.29, 0.717) is 11.4 Å². The fourth-order valence-corrected chi connectivity index (χ4v) is 6.66. The van der Waals surface area contributed by atoms with Crippen LogP contribution in [0.15, 0.2) is 41.3 Å². The Hall–Kier alpha value is -1.94. The second kappa shape index (κ2) is 9.97. The Morgan fingerprint density at radius 1 is 1.09 bits per heavy atom. The van der Waals surface area contributed by atoms with Crippen LogP contribution in [0.5, 0.6) is 0 Å². The lowest BCUT2D eigenvalue weighted by Gasteiger charge is -2.32. The van der Waals surface area contributed by atoms with Gasteiger partial charge in [-0.1, -0.05) is 45.6 Å². The van der Waals surface area contributed by atoms with Crippen LogP contribution < -0.4 is 9.40 Å². The van der Waals surface area contributed by atoms with Crippen LogP contribution in [-0.4, -0.2) is 52.7 Å². The van der Waals surface area contributed by atoms with Crippen molar-refractivity contribution >= 4 is 39.3 Å². The summed E-state index contributed by atoms with van der Waals surface area (Å²) < 4.78 is 30.8. The summed E-state index contributed by atoms with van der Waals surface area (Å²) in [4.78, 5) is 4.64. The number of H-pyrrole nitrogens is 1. The number of sulfonamides is 1. The number of rotatable bonds is 6. The topological polar surface area (TPSA) is 78.3 Å². The Morgan fingerprint density at radius 3 is 2.32 bits per heavy atom. The van der Waals surface area contributed by atoms with Gasteiger partial charge in [-0.2, -0.15) is 9.82 Å². The zero-order chi connectivity index (χ0) is 24.6. The molecule has 0 amide bonds. The number of hydrogen-bond donors (Lipinski definition) is 2. The third-order valence-corrected chi connectivity index (χ3v) is 8.61. The van der Waals surface area contributed by atoms with Crippen LogP contribution in [-0.2, 0) is 28.2 Å². The molecule has 1 aliphatic heterocycles. The monoisotopic (exact) mass is 522 g/mol. The molecule has 2 aromatic carbocycles. The molecule has 10 heteroatoms. The first-order chi connectivity index (χ1) is 16.0. The second-order valence-corrected chi connectivity index (χ2v) is 11.3. The van der Waals surface area contributed by atoms with Crippen molar-refractivity contribution in [3.05, 3.63) is 63.4 Å². The lowest BCUT2D eigenvalue weighted by molar-refractivity contribution is -0.732. The van der Waals surface area contributed by atoms with Crippen molar-refractivity contribution in [2.75, 3.05) is 37.9 Å². The molecule has 1 aromatic heterocycles. The predicted molar refractivity (Wildman–Crippen MR) is 137 cm³/mol. The van der Waals surface area contributed by atoms with E-state index in [1.165, 1.54) is 5.56 Å². The van der Waals surface area contributed by atoms with E-state index in [2.05, 4.69) is 38.8 Å². The summed E-state index contributed by atoms with van der Waals surface area (Å²) in [5, 5.41) is 3.22. The van der Waals surface area contributed by atoms with Gasteiger partial charge >= 0.3 is 0 Å². The number of likely N-dealkylation sites (N-methyl/N-ethyl adjacent to an activating group) is 1. The molecule has 3 aromatic rings. The van der Waals surface area contributed by atoms with Crippen molar-refractivity contribution in [2.24, 2.45) is 7.05 Å². The molecule has 0 bridgehead atoms. The van der Waals surface area contributed by atoms with Gasteiger partial charge in [0.2, 0.25) is 10.6 Å². The summed E-state index contributed by atoms with van der Waals surface area (Å²) in [5.41, 5.74) is 4.84. The molecule has 0 spiro atoms. The zero-order valence-corrected chi connectivity index (χ0v) is 22.2. The minimum atomic E-state index is -4.00. The maximum absolute atomic E-state index is 13.2. The molecule has 4 rings (SSSR count). The Balaban J connectivity index is 1.60. The van der Waals surface area contributed by atoms with Crippen molar-refractivity contribution in [1.29, 1.82) is 0 Å². The zero-order valence-electron chi connectivity index (χ0n) is 19.8. The minimum Gasteiger partial charge on any atom is -0.588 e. The van der Waals surface area contributed by atoms with E-state index in [1.807, 2.05) is 26.1 Å². The number of aryl methyl sites for hydroxylation is 2. The minimum absolute atomic E-state index is 0.0784. The molecule has 0 saturated carbocycles. The highest BCUT2D eigenvalue weighted by Crippen LogP contribution is 2.38. The molecule has 1 atom stereocenters. The molecule has 2 heterocycles. The number of anilines is 1. The van der Waals surface area contributed by atoms with Crippen LogP contribution >= 0.6 is 23.2 Å². The summed E-state index contributed by atoms with van der Waals surface area (Å²) in [6.45, 7) is 8.69. The Labute approximate surface area is 212 Å². The molecule has 7 nitrogen and oxygen atoms in total. The average Bonchev–Trinajstić information content (AvgIpc) is 3.00. The van der Waals surface area contributed by atoms with Crippen molar-refractivity contribution < 1.29 is 13.4 Å². The van der Waals surface area contributed by atoms with Gasteiger partial charge in [-0.05, 0) is 48.9 Å². The largest absolute Gasteiger partial charge is 0.588 e. The SMILES string of the molecule is Cc1[nH][n+](C)c(C)c1N[S+](=O)([O-])c1c(Cl)cc(-c2cccc(CN3CCN(C)CC3)c2)cc1Cl. The van der Waals surface area contributed by atoms with Gasteiger partial charge in [-0.3, -0.25) is 4.90 Å². The highest BCUT2D eigenvalue weighted by molar-refractivity contribution is 7.99. The number of halogens is 2. The average molecular weight is 524 g/mol. The fraction of sp³-hybridized carbons (Fsp3) is 0.375. The van der Waals surface area contributed by atoms with Crippen LogP contribution in [0.3, 0.4) is 0 Å². The predicted octanol–water partition coefficient (Wildman–Crippen LogP) is 4.19. The maximum atomic E-state index is 13.2. The van der Waals surface area contributed by atoms with E-state index < -0.39 is 10.4 Å². The van der Waals surface area contributed by atoms with E-state index in [0.717, 1.165) is 49.5 Å². The summed E-state index contributed by atoms with van der Waals surface area (Å²) in [7, 11) is -0.0385. The van der Waals surface area contributed by atoms with Gasteiger partial charge in [0.25, 0.3) is 0 Å². The number of piperazine rings is 1. The summed E-state index contributed by atoms with van der Waals surface area (Å²) in [5.74, 6) is 0. The fourth-order valence-electron chi connectivity index (χ4n) is 4.26. The molecule has 34 heavy (non-hydrogen) atoms. The van der Waals surface area contributed by atoms with Crippen LogP contribution in [0.4, 0.5) is 5.69 Å². The molecule has 1 fully saturated rings. The van der Waals surface area contributed by atoms with Crippen LogP contribution in [0.1, 0.15) is 17.0 Å². The molecule has 182 valence electrons. The Kier molecular flexibility index (Phi) is 7.38. The molecular formula is C24H30Cl2N5O2S+. The Bertz CT molecular complexity index is 1230. The number of hydrogen-bond acceptors (Lipinski definition) is 4. The molecule has 1 aliphatic rings. The molecule has 0 radical (unpaired) electrons. The molecular weight excluding hydrogens is 493 g/mol. The van der Waals surface area contributed by atoms with Gasteiger partial charge < -0.3 is 9.45 Å². The number of nitrogens with zero attached hydrogens (tertiary/aromatic N) is 3. The van der Waals surface area contributed by atoms with Crippen LogP contribution in [0.2, 0.25) is 10.0 Å². The second-order valence-electron chi connectivity index (χ2n) is 8.91. The van der Waals surface area contributed by atoms with E-state index in [9.17, 15) is 8.76 Å². The lowest BCUT2D eigenvalue weighted by atomic mass is 10.0. The van der Waals surface area contributed by atoms with E-state index in [1.54, 1.807) is 23.7 Å². The van der Waals surface area contributed by atoms with Crippen LogP contribution in [0, 0.1) is 13.8 Å². The first-order valence-electron chi connectivity index (χ1n) is 11.1. The number of benzene rings is 2. The van der Waals surface area contributed by atoms with Crippen molar-refractivity contribution in [3.8, 4) is 11.1 Å². The van der Waals surface area contributed by atoms with Gasteiger partial charge in [0.05, 0.1) is 10.0 Å². The van der Waals surface area contributed by atoms with Gasteiger partial charge in [0.15, 0.2) is 23.1 Å². The van der Waals surface area contributed by atoms with E-state index >= 15 is 0 Å². The van der Waals surface area contributed by atoms with Crippen molar-refractivity contribution in [2.45, 2.75) is 25.3 Å². The normalized spacial score (nSPS) is 17.0. The van der Waals surface area contributed by atoms with E-state index in [4.69, 9.17) is 23.2 Å². The third-order valence-electron chi connectivity index (χ3n) is 6.34. The van der Waals surface area contributed by atoms with Crippen molar-refractivity contribution in [3.63, 3.8) is 0 Å². The summed E-state index contributed by atoms with van der Waals surface area (Å²) >= 11 is 13.0. The number of aromatic nitrogens is 2. The standard InChI is InChI=1S/C24H29Cl2N5O2S/c1-16-23(17(2)30(4)27-16)28-34(32,33)24-21(25)13-20(14-22(24)26)19-7-5-6-18(12-19)15-31-10-8-29(3)9-11-31/h5-7,12-14H,8-11,15H2,1-4H3,(H-,28,32,33)/p+1. The Morgan fingerprint density at radius 2 is 1.74 bits per heavy atom. The lowest BCUT2D eigenvalue weighted by Crippen LogP contribution is -2.43. The first kappa shape index (κ1) is 25.2. The van der Waals surface area contributed by atoms with Gasteiger partial charge in [-0.15, -0.1) is 4.68 Å². The molecule has 1 unspecified atom stereocenters. The van der Waals surface area contributed by atoms with Gasteiger partial charge in [0.1, 0.15) is 5.69 Å². The summed E-state index contributed by atoms with van der Waals surface area (Å²) in [6, 6.07) is 11.5. The van der Waals surface area contributed by atoms with E-state index in [-0.39, 0.29) is 14.9 Å². The smallest absolute Gasteiger partial charge is 0.231 e. The third kappa shape index (κ3) is 5.32. The first-order valence-corrected chi connectivity index (χ1v) is 13.4. The number of nitrogens with one attached hydrogen (secondary N) is 2. The highest BCUT2D eigenvalue weighted by atomic mass is 35.5.